The van der Waals surface area contributed by atoms with Crippen LogP contribution in [0.3, 0.4) is 0 Å². The summed E-state index contributed by atoms with van der Waals surface area (Å²) >= 11 is 0. The van der Waals surface area contributed by atoms with E-state index >= 15 is 0 Å². The van der Waals surface area contributed by atoms with Gasteiger partial charge in [-0.15, -0.1) is 24.0 Å². The van der Waals surface area contributed by atoms with Crippen LogP contribution < -0.4 is 5.32 Å². The van der Waals surface area contributed by atoms with Crippen LogP contribution >= 0.6 is 24.0 Å². The van der Waals surface area contributed by atoms with Gasteiger partial charge in [0.1, 0.15) is 0 Å². The summed E-state index contributed by atoms with van der Waals surface area (Å²) in [5.74, 6) is 1.14. The van der Waals surface area contributed by atoms with Crippen molar-refractivity contribution in [1.29, 1.82) is 0 Å². The molecule has 1 aliphatic heterocycles. The van der Waals surface area contributed by atoms with Gasteiger partial charge >= 0.3 is 0 Å². The van der Waals surface area contributed by atoms with Crippen LogP contribution in [-0.4, -0.2) is 37.0 Å². The predicted octanol–water partition coefficient (Wildman–Crippen LogP) is 3.25. The normalized spacial score (nSPS) is 23.0. The Balaban J connectivity index is 0.00000162. The first-order valence-corrected chi connectivity index (χ1v) is 7.33. The van der Waals surface area contributed by atoms with Crippen molar-refractivity contribution in [2.45, 2.75) is 52.4 Å². The fourth-order valence-corrected chi connectivity index (χ4v) is 3.40. The van der Waals surface area contributed by atoms with Crippen LogP contribution in [0.2, 0.25) is 0 Å². The van der Waals surface area contributed by atoms with Crippen molar-refractivity contribution in [3.8, 4) is 0 Å². The highest BCUT2D eigenvalue weighted by Crippen LogP contribution is 2.43. The first kappa shape index (κ1) is 16.1. The molecule has 1 saturated carbocycles. The number of halogens is 1. The lowest BCUT2D eigenvalue weighted by molar-refractivity contribution is 0.203. The monoisotopic (exact) mass is 365 g/mol. The van der Waals surface area contributed by atoms with Crippen molar-refractivity contribution >= 4 is 29.9 Å². The van der Waals surface area contributed by atoms with Gasteiger partial charge < -0.3 is 10.2 Å². The Labute approximate surface area is 129 Å². The summed E-state index contributed by atoms with van der Waals surface area (Å²) < 4.78 is 0. The van der Waals surface area contributed by atoms with Crippen LogP contribution in [0.4, 0.5) is 0 Å². The van der Waals surface area contributed by atoms with Gasteiger partial charge in [0.15, 0.2) is 5.96 Å². The summed E-state index contributed by atoms with van der Waals surface area (Å²) in [6.07, 6.45) is 8.58. The van der Waals surface area contributed by atoms with Gasteiger partial charge in [-0.1, -0.05) is 19.3 Å². The maximum Gasteiger partial charge on any atom is 0.193 e. The first-order chi connectivity index (χ1) is 8.29. The zero-order valence-corrected chi connectivity index (χ0v) is 14.2. The molecular weight excluding hydrogens is 337 g/mol. The van der Waals surface area contributed by atoms with Gasteiger partial charge in [-0.05, 0) is 38.5 Å². The number of rotatable bonds is 2. The molecule has 3 nitrogen and oxygen atoms in total. The minimum absolute atomic E-state index is 0. The smallest absolute Gasteiger partial charge is 0.193 e. The third kappa shape index (κ3) is 3.75. The van der Waals surface area contributed by atoms with E-state index in [1.807, 2.05) is 0 Å². The second kappa shape index (κ2) is 7.56. The molecule has 1 heterocycles. The molecule has 4 heteroatoms. The molecule has 18 heavy (non-hydrogen) atoms. The molecule has 2 aliphatic rings. The summed E-state index contributed by atoms with van der Waals surface area (Å²) in [6.45, 7) is 8.56. The number of hydrogen-bond donors (Lipinski definition) is 1. The minimum Gasteiger partial charge on any atom is -0.357 e. The average molecular weight is 365 g/mol. The number of nitrogens with one attached hydrogen (secondary N) is 1. The first-order valence-electron chi connectivity index (χ1n) is 7.33. The van der Waals surface area contributed by atoms with E-state index in [-0.39, 0.29) is 24.0 Å². The molecule has 2 fully saturated rings. The van der Waals surface area contributed by atoms with Crippen molar-refractivity contribution in [2.75, 3.05) is 26.2 Å². The van der Waals surface area contributed by atoms with E-state index in [0.717, 1.165) is 19.0 Å². The summed E-state index contributed by atoms with van der Waals surface area (Å²) in [5, 5.41) is 3.42. The molecular formula is C14H28IN3. The van der Waals surface area contributed by atoms with Crippen molar-refractivity contribution in [1.82, 2.24) is 10.2 Å². The molecule has 0 unspecified atom stereocenters. The lowest BCUT2D eigenvalue weighted by Gasteiger charge is -2.33. The predicted molar refractivity (Wildman–Crippen MR) is 88.8 cm³/mol. The van der Waals surface area contributed by atoms with E-state index in [1.54, 1.807) is 0 Å². The van der Waals surface area contributed by atoms with Crippen LogP contribution in [0, 0.1) is 5.41 Å². The Hall–Kier alpha value is 0. The molecule has 0 radical (unpaired) electrons. The van der Waals surface area contributed by atoms with E-state index in [4.69, 9.17) is 0 Å². The molecule has 0 aromatic carbocycles. The molecule has 1 aliphatic carbocycles. The molecule has 1 N–H and O–H groups in total. The molecule has 2 rings (SSSR count). The average Bonchev–Trinajstić information content (AvgIpc) is 2.74. The summed E-state index contributed by atoms with van der Waals surface area (Å²) in [4.78, 5) is 7.09. The largest absolute Gasteiger partial charge is 0.357 e. The van der Waals surface area contributed by atoms with Crippen molar-refractivity contribution in [2.24, 2.45) is 10.4 Å². The second-order valence-electron chi connectivity index (χ2n) is 5.56. The molecule has 1 spiro atoms. The molecule has 0 aromatic rings. The highest BCUT2D eigenvalue weighted by molar-refractivity contribution is 14.0. The Morgan fingerprint density at radius 2 is 1.89 bits per heavy atom. The van der Waals surface area contributed by atoms with Gasteiger partial charge in [-0.3, -0.25) is 4.99 Å². The summed E-state index contributed by atoms with van der Waals surface area (Å²) in [5.41, 5.74) is 0.627. The van der Waals surface area contributed by atoms with Gasteiger partial charge in [0, 0.05) is 26.2 Å². The Morgan fingerprint density at radius 1 is 1.17 bits per heavy atom. The fraction of sp³-hybridized carbons (Fsp3) is 0.929. The van der Waals surface area contributed by atoms with Crippen LogP contribution in [-0.2, 0) is 0 Å². The van der Waals surface area contributed by atoms with Gasteiger partial charge in [0.25, 0.3) is 0 Å². The standard InChI is InChI=1S/C14H27N3.HI/c1-3-15-13(16-4-2)17-11-10-14(12-17)8-6-5-7-9-14;/h3-12H2,1-2H3,(H,15,16);1H. The number of likely N-dealkylation sites (tertiary alicyclic amines) is 1. The van der Waals surface area contributed by atoms with E-state index in [2.05, 4.69) is 29.1 Å². The van der Waals surface area contributed by atoms with Gasteiger partial charge in [-0.2, -0.15) is 0 Å². The molecule has 1 saturated heterocycles. The lowest BCUT2D eigenvalue weighted by atomic mass is 9.73. The number of nitrogens with zero attached hydrogens (tertiary/aromatic N) is 2. The van der Waals surface area contributed by atoms with Gasteiger partial charge in [-0.25, -0.2) is 0 Å². The Bertz CT molecular complexity index is 272. The summed E-state index contributed by atoms with van der Waals surface area (Å²) in [7, 11) is 0. The van der Waals surface area contributed by atoms with Crippen LogP contribution in [0.5, 0.6) is 0 Å². The molecule has 0 atom stereocenters. The number of guanidine groups is 1. The molecule has 106 valence electrons. The van der Waals surface area contributed by atoms with Crippen molar-refractivity contribution in [3.63, 3.8) is 0 Å². The lowest BCUT2D eigenvalue weighted by Crippen LogP contribution is -2.41. The van der Waals surface area contributed by atoms with E-state index in [1.165, 1.54) is 51.6 Å². The van der Waals surface area contributed by atoms with Crippen molar-refractivity contribution in [3.05, 3.63) is 0 Å². The van der Waals surface area contributed by atoms with Gasteiger partial charge in [0.05, 0.1) is 0 Å². The Morgan fingerprint density at radius 3 is 2.50 bits per heavy atom. The number of hydrogen-bond acceptors (Lipinski definition) is 1. The van der Waals surface area contributed by atoms with E-state index < -0.39 is 0 Å². The zero-order chi connectivity index (χ0) is 12.1. The van der Waals surface area contributed by atoms with Crippen LogP contribution in [0.25, 0.3) is 0 Å². The fourth-order valence-electron chi connectivity index (χ4n) is 3.40. The minimum atomic E-state index is 0. The topological polar surface area (TPSA) is 27.6 Å². The van der Waals surface area contributed by atoms with Gasteiger partial charge in [0.2, 0.25) is 0 Å². The Kier molecular flexibility index (Phi) is 6.74. The third-order valence-corrected chi connectivity index (χ3v) is 4.29. The maximum absolute atomic E-state index is 4.61. The van der Waals surface area contributed by atoms with Crippen LogP contribution in [0.1, 0.15) is 52.4 Å². The number of aliphatic imine (C=N–C) groups is 1. The SMILES string of the molecule is CCN=C(NCC)N1CCC2(CCCCC2)C1.I. The summed E-state index contributed by atoms with van der Waals surface area (Å²) in [6, 6.07) is 0. The molecule has 0 aromatic heterocycles. The molecule has 0 amide bonds. The molecule has 0 bridgehead atoms. The van der Waals surface area contributed by atoms with Crippen molar-refractivity contribution < 1.29 is 0 Å². The quantitative estimate of drug-likeness (QED) is 0.462. The zero-order valence-electron chi connectivity index (χ0n) is 11.9. The second-order valence-corrected chi connectivity index (χ2v) is 5.56. The maximum atomic E-state index is 4.61. The van der Waals surface area contributed by atoms with E-state index in [0.29, 0.717) is 5.41 Å². The highest BCUT2D eigenvalue weighted by Gasteiger charge is 2.39. The highest BCUT2D eigenvalue weighted by atomic mass is 127. The van der Waals surface area contributed by atoms with Crippen LogP contribution in [0.15, 0.2) is 4.99 Å². The third-order valence-electron chi connectivity index (χ3n) is 4.29. The van der Waals surface area contributed by atoms with E-state index in [9.17, 15) is 0 Å².